The molecule has 0 aliphatic heterocycles. The third-order valence-corrected chi connectivity index (χ3v) is 9.06. The molecule has 0 aromatic rings. The number of ether oxygens (including phenoxy) is 2. The molecular formula is C40H71O12P. The highest BCUT2D eigenvalue weighted by Gasteiger charge is 2.27. The zero-order chi connectivity index (χ0) is 39.6. The SMILES string of the molecule is CCCCC/C=C\C[C@H](O)/C=C/C=C/C=C\[C@H](O)CCCC(=O)O[C@H](COC(=O)CCCCCCCCCCC(C)C)COP(=O)(O)OC[C@@H](O)CO. The van der Waals surface area contributed by atoms with Crippen LogP contribution in [0.5, 0.6) is 0 Å². The van der Waals surface area contributed by atoms with Gasteiger partial charge in [-0.3, -0.25) is 18.6 Å². The lowest BCUT2D eigenvalue weighted by Crippen LogP contribution is -2.30. The van der Waals surface area contributed by atoms with E-state index in [0.717, 1.165) is 38.0 Å². The van der Waals surface area contributed by atoms with Crippen molar-refractivity contribution in [3.8, 4) is 0 Å². The molecule has 12 nitrogen and oxygen atoms in total. The summed E-state index contributed by atoms with van der Waals surface area (Å²) >= 11 is 0. The second kappa shape index (κ2) is 34.3. The molecule has 0 aliphatic rings. The first-order valence-electron chi connectivity index (χ1n) is 19.7. The molecule has 0 saturated heterocycles. The Bertz CT molecular complexity index is 1070. The number of hydrogen-bond acceptors (Lipinski definition) is 11. The number of aliphatic hydroxyl groups excluding tert-OH is 4. The van der Waals surface area contributed by atoms with E-state index in [4.69, 9.17) is 19.1 Å². The van der Waals surface area contributed by atoms with Gasteiger partial charge in [-0.15, -0.1) is 0 Å². The van der Waals surface area contributed by atoms with Crippen LogP contribution >= 0.6 is 7.82 Å². The lowest BCUT2D eigenvalue weighted by atomic mass is 10.0. The Balaban J connectivity index is 4.66. The number of unbranched alkanes of at least 4 members (excludes halogenated alkanes) is 10. The molecule has 0 aromatic carbocycles. The number of carbonyl (C=O) groups excluding carboxylic acids is 2. The van der Waals surface area contributed by atoms with Crippen LogP contribution in [-0.2, 0) is 32.7 Å². The minimum absolute atomic E-state index is 0.0768. The summed E-state index contributed by atoms with van der Waals surface area (Å²) in [7, 11) is -4.68. The van der Waals surface area contributed by atoms with E-state index in [0.29, 0.717) is 12.8 Å². The number of allylic oxidation sites excluding steroid dienone is 5. The summed E-state index contributed by atoms with van der Waals surface area (Å²) in [5.74, 6) is -0.428. The van der Waals surface area contributed by atoms with Crippen LogP contribution in [0, 0.1) is 5.92 Å². The Morgan fingerprint density at radius 1 is 0.679 bits per heavy atom. The summed E-state index contributed by atoms with van der Waals surface area (Å²) in [5.41, 5.74) is 0. The molecule has 0 radical (unpaired) electrons. The van der Waals surface area contributed by atoms with E-state index in [-0.39, 0.29) is 25.7 Å². The number of hydrogen-bond donors (Lipinski definition) is 5. The van der Waals surface area contributed by atoms with E-state index >= 15 is 0 Å². The number of phosphoric ester groups is 1. The third-order valence-electron chi connectivity index (χ3n) is 8.10. The quantitative estimate of drug-likeness (QED) is 0.0140. The van der Waals surface area contributed by atoms with Crippen molar-refractivity contribution in [2.45, 2.75) is 161 Å². The van der Waals surface area contributed by atoms with Crippen molar-refractivity contribution in [3.63, 3.8) is 0 Å². The summed E-state index contributed by atoms with van der Waals surface area (Å²) in [6, 6.07) is 0. The fourth-order valence-corrected chi connectivity index (χ4v) is 5.75. The summed E-state index contributed by atoms with van der Waals surface area (Å²) in [6.45, 7) is 4.27. The highest BCUT2D eigenvalue weighted by atomic mass is 31.2. The van der Waals surface area contributed by atoms with E-state index in [2.05, 4.69) is 31.4 Å². The van der Waals surface area contributed by atoms with Crippen molar-refractivity contribution in [1.82, 2.24) is 0 Å². The second-order valence-electron chi connectivity index (χ2n) is 13.8. The number of aliphatic hydroxyl groups is 4. The molecule has 0 spiro atoms. The monoisotopic (exact) mass is 774 g/mol. The van der Waals surface area contributed by atoms with Gasteiger partial charge in [0.25, 0.3) is 0 Å². The molecule has 13 heteroatoms. The molecule has 1 unspecified atom stereocenters. The minimum atomic E-state index is -4.68. The third kappa shape index (κ3) is 35.3. The van der Waals surface area contributed by atoms with Crippen molar-refractivity contribution in [2.75, 3.05) is 26.4 Å². The van der Waals surface area contributed by atoms with Gasteiger partial charge in [-0.25, -0.2) is 4.57 Å². The summed E-state index contributed by atoms with van der Waals surface area (Å²) in [4.78, 5) is 34.8. The number of carbonyl (C=O) groups is 2. The van der Waals surface area contributed by atoms with Crippen LogP contribution in [0.4, 0.5) is 0 Å². The Hall–Kier alpha value is -2.15. The Morgan fingerprint density at radius 2 is 1.28 bits per heavy atom. The first kappa shape index (κ1) is 50.9. The van der Waals surface area contributed by atoms with Crippen molar-refractivity contribution >= 4 is 19.8 Å². The molecule has 0 saturated carbocycles. The highest BCUT2D eigenvalue weighted by Crippen LogP contribution is 2.43. The zero-order valence-electron chi connectivity index (χ0n) is 32.6. The van der Waals surface area contributed by atoms with Gasteiger partial charge >= 0.3 is 19.8 Å². The summed E-state index contributed by atoms with van der Waals surface area (Å²) < 4.78 is 32.4. The van der Waals surface area contributed by atoms with Gasteiger partial charge in [0, 0.05) is 12.8 Å². The fourth-order valence-electron chi connectivity index (χ4n) is 4.96. The van der Waals surface area contributed by atoms with Gasteiger partial charge in [-0.1, -0.05) is 134 Å². The summed E-state index contributed by atoms with van der Waals surface area (Å²) in [5, 5.41) is 38.5. The van der Waals surface area contributed by atoms with Crippen LogP contribution in [-0.4, -0.2) is 88.1 Å². The molecular weight excluding hydrogens is 703 g/mol. The number of rotatable bonds is 35. The van der Waals surface area contributed by atoms with E-state index in [1.54, 1.807) is 36.5 Å². The molecule has 5 atom stereocenters. The Kier molecular flexibility index (Phi) is 33.0. The first-order chi connectivity index (χ1) is 25.4. The molecule has 0 rings (SSSR count). The molecule has 53 heavy (non-hydrogen) atoms. The predicted octanol–water partition coefficient (Wildman–Crippen LogP) is 7.57. The lowest BCUT2D eigenvalue weighted by Gasteiger charge is -2.20. The van der Waals surface area contributed by atoms with E-state index in [9.17, 15) is 34.4 Å². The summed E-state index contributed by atoms with van der Waals surface area (Å²) in [6.07, 6.45) is 25.9. The van der Waals surface area contributed by atoms with Crippen molar-refractivity contribution in [1.29, 1.82) is 0 Å². The van der Waals surface area contributed by atoms with Crippen LogP contribution in [0.1, 0.15) is 136 Å². The molecule has 0 bridgehead atoms. The van der Waals surface area contributed by atoms with Crippen LogP contribution in [0.2, 0.25) is 0 Å². The smallest absolute Gasteiger partial charge is 0.462 e. The van der Waals surface area contributed by atoms with E-state index < -0.39 is 70.6 Å². The van der Waals surface area contributed by atoms with Gasteiger partial charge in [0.05, 0.1) is 32.0 Å². The minimum Gasteiger partial charge on any atom is -0.462 e. The van der Waals surface area contributed by atoms with Gasteiger partial charge in [0.1, 0.15) is 12.7 Å². The van der Waals surface area contributed by atoms with Crippen LogP contribution in [0.3, 0.4) is 0 Å². The Morgan fingerprint density at radius 3 is 1.92 bits per heavy atom. The van der Waals surface area contributed by atoms with Crippen molar-refractivity contribution < 1.29 is 58.0 Å². The largest absolute Gasteiger partial charge is 0.472 e. The van der Waals surface area contributed by atoms with Crippen molar-refractivity contribution in [2.24, 2.45) is 5.92 Å². The molecule has 0 aliphatic carbocycles. The topological polar surface area (TPSA) is 189 Å². The van der Waals surface area contributed by atoms with Gasteiger partial charge in [-0.05, 0) is 44.4 Å². The molecule has 308 valence electrons. The van der Waals surface area contributed by atoms with Gasteiger partial charge in [-0.2, -0.15) is 0 Å². The Labute approximate surface area is 319 Å². The predicted molar refractivity (Wildman–Crippen MR) is 208 cm³/mol. The number of phosphoric acid groups is 1. The average molecular weight is 775 g/mol. The van der Waals surface area contributed by atoms with Crippen LogP contribution < -0.4 is 0 Å². The van der Waals surface area contributed by atoms with Crippen LogP contribution in [0.15, 0.2) is 48.6 Å². The first-order valence-corrected chi connectivity index (χ1v) is 21.2. The normalized spacial score (nSPS) is 15.8. The average Bonchev–Trinajstić information content (AvgIpc) is 3.11. The standard InChI is InChI=1S/C40H71O12P/c1-4-5-6-7-13-18-24-35(42)25-19-15-16-20-26-36(43)27-22-29-40(46)52-38(33-51-53(47,48)50-31-37(44)30-41)32-49-39(45)28-21-14-11-9-8-10-12-17-23-34(2)3/h13,15-16,18-20,25-26,34-38,41-44H,4-12,14,17,21-24,27-33H2,1-3H3,(H,47,48)/b16-15+,18-13-,25-19+,26-20-/t35-,36-,37-,38+/m0/s1. The van der Waals surface area contributed by atoms with Crippen LogP contribution in [0.25, 0.3) is 0 Å². The highest BCUT2D eigenvalue weighted by molar-refractivity contribution is 7.47. The molecule has 0 heterocycles. The maximum absolute atomic E-state index is 12.6. The molecule has 0 amide bonds. The lowest BCUT2D eigenvalue weighted by molar-refractivity contribution is -0.161. The maximum atomic E-state index is 12.6. The van der Waals surface area contributed by atoms with E-state index in [1.807, 2.05) is 6.08 Å². The number of esters is 2. The van der Waals surface area contributed by atoms with Gasteiger partial charge < -0.3 is 34.8 Å². The van der Waals surface area contributed by atoms with Crippen molar-refractivity contribution in [3.05, 3.63) is 48.6 Å². The van der Waals surface area contributed by atoms with Gasteiger partial charge in [0.15, 0.2) is 6.10 Å². The fraction of sp³-hybridized carbons (Fsp3) is 0.750. The zero-order valence-corrected chi connectivity index (χ0v) is 33.5. The maximum Gasteiger partial charge on any atom is 0.472 e. The molecule has 0 aromatic heterocycles. The molecule has 0 fully saturated rings. The second-order valence-corrected chi connectivity index (χ2v) is 15.3. The van der Waals surface area contributed by atoms with Gasteiger partial charge in [0.2, 0.25) is 0 Å². The van der Waals surface area contributed by atoms with E-state index in [1.165, 1.54) is 44.9 Å². The molecule has 5 N–H and O–H groups in total.